The summed E-state index contributed by atoms with van der Waals surface area (Å²) in [5.74, 6) is -1.26. The average Bonchev–Trinajstić information content (AvgIpc) is 2.77. The Morgan fingerprint density at radius 2 is 1.72 bits per heavy atom. The van der Waals surface area contributed by atoms with Gasteiger partial charge < -0.3 is 9.47 Å². The molecule has 0 saturated heterocycles. The monoisotopic (exact) mass is 248 g/mol. The predicted octanol–water partition coefficient (Wildman–Crippen LogP) is 1.39. The molecule has 0 bridgehead atoms. The highest BCUT2D eigenvalue weighted by Crippen LogP contribution is 2.29. The highest BCUT2D eigenvalue weighted by Gasteiger charge is 2.30. The minimum atomic E-state index is -0.623. The third kappa shape index (κ3) is 1.77. The van der Waals surface area contributed by atoms with Crippen molar-refractivity contribution in [1.29, 1.82) is 0 Å². The Bertz CT molecular complexity index is 545. The number of rotatable bonds is 2. The molecule has 0 spiro atoms. The Hall–Kier alpha value is -2.17. The molecule has 5 nitrogen and oxygen atoms in total. The van der Waals surface area contributed by atoms with Gasteiger partial charge in [-0.3, -0.25) is 4.79 Å². The molecule has 94 valence electrons. The van der Waals surface area contributed by atoms with Crippen LogP contribution in [0.4, 0.5) is 0 Å². The summed E-state index contributed by atoms with van der Waals surface area (Å²) in [6.07, 6.45) is 0.799. The molecule has 1 aliphatic rings. The molecule has 0 heterocycles. The van der Waals surface area contributed by atoms with Crippen molar-refractivity contribution < 1.29 is 23.9 Å². The average molecular weight is 248 g/mol. The van der Waals surface area contributed by atoms with E-state index in [-0.39, 0.29) is 16.9 Å². The molecule has 1 aliphatic carbocycles. The molecule has 2 rings (SSSR count). The third-order valence-corrected chi connectivity index (χ3v) is 3.01. The standard InChI is InChI=1S/C13H12O5/c1-17-12(15)9-4-3-7-8(5-6-10(7)14)11(9)13(16)18-2/h3-4H,5-6H2,1-2H3. The van der Waals surface area contributed by atoms with Gasteiger partial charge in [-0.15, -0.1) is 0 Å². The number of ether oxygens (including phenoxy) is 2. The third-order valence-electron chi connectivity index (χ3n) is 3.01. The van der Waals surface area contributed by atoms with E-state index in [1.54, 1.807) is 6.07 Å². The zero-order valence-corrected chi connectivity index (χ0v) is 10.1. The van der Waals surface area contributed by atoms with Gasteiger partial charge >= 0.3 is 11.9 Å². The maximum absolute atomic E-state index is 11.8. The summed E-state index contributed by atoms with van der Waals surface area (Å²) < 4.78 is 9.30. The second kappa shape index (κ2) is 4.60. The molecule has 0 aliphatic heterocycles. The Kier molecular flexibility index (Phi) is 3.14. The molecule has 0 fully saturated rings. The number of esters is 2. The minimum Gasteiger partial charge on any atom is -0.465 e. The number of ketones is 1. The van der Waals surface area contributed by atoms with Crippen LogP contribution in [0, 0.1) is 0 Å². The van der Waals surface area contributed by atoms with Crippen molar-refractivity contribution in [2.45, 2.75) is 12.8 Å². The van der Waals surface area contributed by atoms with Crippen molar-refractivity contribution in [3.8, 4) is 0 Å². The lowest BCUT2D eigenvalue weighted by atomic mass is 9.97. The molecule has 0 atom stereocenters. The first-order chi connectivity index (χ1) is 8.60. The number of hydrogen-bond donors (Lipinski definition) is 0. The SMILES string of the molecule is COC(=O)c1ccc2c(c1C(=O)OC)CCC2=O. The molecule has 5 heteroatoms. The Morgan fingerprint density at radius 1 is 1.06 bits per heavy atom. The number of fused-ring (bicyclic) bond motifs is 1. The normalized spacial score (nSPS) is 13.1. The molecule has 0 amide bonds. The van der Waals surface area contributed by atoms with Crippen molar-refractivity contribution in [3.05, 3.63) is 34.4 Å². The van der Waals surface area contributed by atoms with E-state index in [2.05, 4.69) is 9.47 Å². The number of Topliss-reactive ketones (excluding diaryl/α,β-unsaturated/α-hetero) is 1. The van der Waals surface area contributed by atoms with Gasteiger partial charge in [0.2, 0.25) is 0 Å². The fourth-order valence-electron chi connectivity index (χ4n) is 2.16. The molecule has 0 unspecified atom stereocenters. The first-order valence-electron chi connectivity index (χ1n) is 5.45. The highest BCUT2D eigenvalue weighted by atomic mass is 16.5. The van der Waals surface area contributed by atoms with Crippen LogP contribution in [0.3, 0.4) is 0 Å². The van der Waals surface area contributed by atoms with Gasteiger partial charge in [0.15, 0.2) is 5.78 Å². The predicted molar refractivity (Wildman–Crippen MR) is 61.8 cm³/mol. The number of carbonyl (C=O) groups excluding carboxylic acids is 3. The van der Waals surface area contributed by atoms with Crippen LogP contribution in [0.15, 0.2) is 12.1 Å². The van der Waals surface area contributed by atoms with Gasteiger partial charge in [0.1, 0.15) is 0 Å². The first kappa shape index (κ1) is 12.3. The van der Waals surface area contributed by atoms with E-state index in [4.69, 9.17) is 0 Å². The second-order valence-corrected chi connectivity index (χ2v) is 3.92. The number of methoxy groups -OCH3 is 2. The van der Waals surface area contributed by atoms with E-state index >= 15 is 0 Å². The van der Waals surface area contributed by atoms with Crippen LogP contribution in [0.1, 0.15) is 43.1 Å². The smallest absolute Gasteiger partial charge is 0.339 e. The summed E-state index contributed by atoms with van der Waals surface area (Å²) >= 11 is 0. The van der Waals surface area contributed by atoms with Crippen molar-refractivity contribution in [1.82, 2.24) is 0 Å². The summed E-state index contributed by atoms with van der Waals surface area (Å²) in [5.41, 5.74) is 1.35. The number of benzene rings is 1. The Morgan fingerprint density at radius 3 is 2.33 bits per heavy atom. The summed E-state index contributed by atoms with van der Waals surface area (Å²) in [7, 11) is 2.47. The molecule has 0 N–H and O–H groups in total. The Balaban J connectivity index is 2.67. The van der Waals surface area contributed by atoms with E-state index in [9.17, 15) is 14.4 Å². The lowest BCUT2D eigenvalue weighted by Crippen LogP contribution is -2.15. The van der Waals surface area contributed by atoms with Gasteiger partial charge in [0.05, 0.1) is 25.3 Å². The topological polar surface area (TPSA) is 69.7 Å². The Labute approximate surface area is 104 Å². The zero-order valence-electron chi connectivity index (χ0n) is 10.1. The molecule has 0 radical (unpaired) electrons. The lowest BCUT2D eigenvalue weighted by molar-refractivity contribution is 0.0554. The maximum Gasteiger partial charge on any atom is 0.339 e. The van der Waals surface area contributed by atoms with Gasteiger partial charge in [0, 0.05) is 12.0 Å². The van der Waals surface area contributed by atoms with Crippen LogP contribution in [0.2, 0.25) is 0 Å². The molecule has 1 aromatic carbocycles. The molecule has 0 aromatic heterocycles. The van der Waals surface area contributed by atoms with E-state index in [1.165, 1.54) is 20.3 Å². The fraction of sp³-hybridized carbons (Fsp3) is 0.308. The second-order valence-electron chi connectivity index (χ2n) is 3.92. The highest BCUT2D eigenvalue weighted by molar-refractivity contribution is 6.09. The lowest BCUT2D eigenvalue weighted by Gasteiger charge is -2.10. The molecular formula is C13H12O5. The zero-order chi connectivity index (χ0) is 13.3. The van der Waals surface area contributed by atoms with Crippen LogP contribution in [-0.4, -0.2) is 31.9 Å². The van der Waals surface area contributed by atoms with Crippen LogP contribution in [-0.2, 0) is 15.9 Å². The first-order valence-corrected chi connectivity index (χ1v) is 5.45. The molecular weight excluding hydrogens is 236 g/mol. The molecule has 0 saturated carbocycles. The fourth-order valence-corrected chi connectivity index (χ4v) is 2.16. The van der Waals surface area contributed by atoms with Crippen LogP contribution >= 0.6 is 0 Å². The van der Waals surface area contributed by atoms with Gasteiger partial charge in [-0.1, -0.05) is 6.07 Å². The van der Waals surface area contributed by atoms with Gasteiger partial charge in [-0.25, -0.2) is 9.59 Å². The number of hydrogen-bond acceptors (Lipinski definition) is 5. The van der Waals surface area contributed by atoms with Gasteiger partial charge in [-0.05, 0) is 18.1 Å². The van der Waals surface area contributed by atoms with Crippen molar-refractivity contribution in [3.63, 3.8) is 0 Å². The van der Waals surface area contributed by atoms with Crippen LogP contribution in [0.5, 0.6) is 0 Å². The summed E-state index contributed by atoms with van der Waals surface area (Å²) in [6.45, 7) is 0. The van der Waals surface area contributed by atoms with Crippen molar-refractivity contribution >= 4 is 17.7 Å². The largest absolute Gasteiger partial charge is 0.465 e. The van der Waals surface area contributed by atoms with E-state index < -0.39 is 11.9 Å². The van der Waals surface area contributed by atoms with Gasteiger partial charge in [0.25, 0.3) is 0 Å². The van der Waals surface area contributed by atoms with E-state index in [0.29, 0.717) is 24.0 Å². The van der Waals surface area contributed by atoms with E-state index in [0.717, 1.165) is 0 Å². The van der Waals surface area contributed by atoms with Crippen molar-refractivity contribution in [2.24, 2.45) is 0 Å². The van der Waals surface area contributed by atoms with Crippen molar-refractivity contribution in [2.75, 3.05) is 14.2 Å². The van der Waals surface area contributed by atoms with E-state index in [1.807, 2.05) is 0 Å². The molecule has 18 heavy (non-hydrogen) atoms. The summed E-state index contributed by atoms with van der Waals surface area (Å²) in [4.78, 5) is 35.0. The quantitative estimate of drug-likeness (QED) is 0.740. The molecule has 1 aromatic rings. The van der Waals surface area contributed by atoms with Crippen LogP contribution < -0.4 is 0 Å². The van der Waals surface area contributed by atoms with Gasteiger partial charge in [-0.2, -0.15) is 0 Å². The summed E-state index contributed by atoms with van der Waals surface area (Å²) in [6, 6.07) is 2.99. The number of carbonyl (C=O) groups is 3. The maximum atomic E-state index is 11.8. The van der Waals surface area contributed by atoms with Crippen LogP contribution in [0.25, 0.3) is 0 Å². The minimum absolute atomic E-state index is 0.0217. The summed E-state index contributed by atoms with van der Waals surface area (Å²) in [5, 5.41) is 0.